The summed E-state index contributed by atoms with van der Waals surface area (Å²) in [7, 11) is 0. The Balaban J connectivity index is 2.14. The van der Waals surface area contributed by atoms with Crippen LogP contribution in [0, 0.1) is 5.92 Å². The van der Waals surface area contributed by atoms with E-state index < -0.39 is 17.9 Å². The number of benzene rings is 2. The molecule has 0 aliphatic carbocycles. The highest BCUT2D eigenvalue weighted by atomic mass is 79.9. The first-order chi connectivity index (χ1) is 11.8. The molecule has 4 nitrogen and oxygen atoms in total. The molecule has 0 aromatic heterocycles. The van der Waals surface area contributed by atoms with E-state index in [0.717, 1.165) is 12.0 Å². The molecule has 1 unspecified atom stereocenters. The number of carbonyl (C=O) groups is 2. The Labute approximate surface area is 156 Å². The van der Waals surface area contributed by atoms with E-state index >= 15 is 0 Å². The van der Waals surface area contributed by atoms with Gasteiger partial charge in [0.15, 0.2) is 0 Å². The van der Waals surface area contributed by atoms with E-state index in [4.69, 9.17) is 4.74 Å². The van der Waals surface area contributed by atoms with Crippen LogP contribution in [0.4, 0.5) is 0 Å². The van der Waals surface area contributed by atoms with Gasteiger partial charge in [0.25, 0.3) is 0 Å². The van der Waals surface area contributed by atoms with Gasteiger partial charge in [-0.3, -0.25) is 4.79 Å². The van der Waals surface area contributed by atoms with Crippen molar-refractivity contribution in [2.24, 2.45) is 5.92 Å². The standard InChI is InChI=1S/C20H21BrO4/c1-12(2)10-14-4-6-15(7-5-14)13(3)20(24)25-18-9-8-16(21)11-17(18)19(22)23/h4-9,11-13H,10H2,1-3H3,(H,22,23). The fraction of sp³-hybridized carbons (Fsp3) is 0.300. The van der Waals surface area contributed by atoms with Crippen LogP contribution in [0.25, 0.3) is 0 Å². The first-order valence-corrected chi connectivity index (χ1v) is 8.90. The van der Waals surface area contributed by atoms with Crippen LogP contribution in [0.2, 0.25) is 0 Å². The molecule has 0 aliphatic rings. The van der Waals surface area contributed by atoms with E-state index in [-0.39, 0.29) is 11.3 Å². The summed E-state index contributed by atoms with van der Waals surface area (Å²) in [5.74, 6) is -1.50. The molecule has 5 heteroatoms. The maximum absolute atomic E-state index is 12.4. The van der Waals surface area contributed by atoms with Gasteiger partial charge in [-0.25, -0.2) is 4.79 Å². The molecule has 0 bridgehead atoms. The zero-order chi connectivity index (χ0) is 18.6. The zero-order valence-electron chi connectivity index (χ0n) is 14.5. The molecule has 0 saturated carbocycles. The number of aromatic carboxylic acids is 1. The Morgan fingerprint density at radius 3 is 2.28 bits per heavy atom. The van der Waals surface area contributed by atoms with E-state index in [9.17, 15) is 14.7 Å². The number of carboxylic acids is 1. The first-order valence-electron chi connectivity index (χ1n) is 8.11. The minimum atomic E-state index is -1.14. The molecule has 0 saturated heterocycles. The number of halogens is 1. The lowest BCUT2D eigenvalue weighted by molar-refractivity contribution is -0.135. The van der Waals surface area contributed by atoms with Gasteiger partial charge in [0.05, 0.1) is 5.92 Å². The number of ether oxygens (including phenoxy) is 1. The van der Waals surface area contributed by atoms with E-state index in [1.807, 2.05) is 24.3 Å². The predicted octanol–water partition coefficient (Wildman–Crippen LogP) is 5.05. The summed E-state index contributed by atoms with van der Waals surface area (Å²) < 4.78 is 5.94. The average Bonchev–Trinajstić information content (AvgIpc) is 2.55. The van der Waals surface area contributed by atoms with Gasteiger partial charge in [0.2, 0.25) is 0 Å². The molecule has 0 spiro atoms. The average molecular weight is 405 g/mol. The molecule has 0 radical (unpaired) electrons. The number of hydrogen-bond donors (Lipinski definition) is 1. The summed E-state index contributed by atoms with van der Waals surface area (Å²) in [6, 6.07) is 12.4. The minimum Gasteiger partial charge on any atom is -0.478 e. The summed E-state index contributed by atoms with van der Waals surface area (Å²) in [6.07, 6.45) is 0.986. The minimum absolute atomic E-state index is 0.0453. The number of carboxylic acid groups (broad SMARTS) is 1. The monoisotopic (exact) mass is 404 g/mol. The van der Waals surface area contributed by atoms with Crippen LogP contribution in [0.3, 0.4) is 0 Å². The van der Waals surface area contributed by atoms with Crippen LogP contribution in [0.15, 0.2) is 46.9 Å². The maximum Gasteiger partial charge on any atom is 0.339 e. The molecular weight excluding hydrogens is 384 g/mol. The number of hydrogen-bond acceptors (Lipinski definition) is 3. The summed E-state index contributed by atoms with van der Waals surface area (Å²) in [4.78, 5) is 23.7. The topological polar surface area (TPSA) is 63.6 Å². The number of carbonyl (C=O) groups excluding carboxylic acids is 1. The molecule has 2 rings (SSSR count). The van der Waals surface area contributed by atoms with Crippen LogP contribution >= 0.6 is 15.9 Å². The van der Waals surface area contributed by atoms with Crippen molar-refractivity contribution in [1.82, 2.24) is 0 Å². The predicted molar refractivity (Wildman–Crippen MR) is 100 cm³/mol. The highest BCUT2D eigenvalue weighted by Crippen LogP contribution is 2.26. The number of rotatable bonds is 6. The van der Waals surface area contributed by atoms with Crippen LogP contribution < -0.4 is 4.74 Å². The van der Waals surface area contributed by atoms with Crippen LogP contribution in [0.1, 0.15) is 48.2 Å². The van der Waals surface area contributed by atoms with Gasteiger partial charge in [-0.15, -0.1) is 0 Å². The molecule has 0 fully saturated rings. The highest BCUT2D eigenvalue weighted by Gasteiger charge is 2.21. The van der Waals surface area contributed by atoms with Crippen molar-refractivity contribution in [1.29, 1.82) is 0 Å². The van der Waals surface area contributed by atoms with Gasteiger partial charge >= 0.3 is 11.9 Å². The second kappa shape index (κ2) is 8.30. The zero-order valence-corrected chi connectivity index (χ0v) is 16.0. The van der Waals surface area contributed by atoms with E-state index in [0.29, 0.717) is 10.4 Å². The van der Waals surface area contributed by atoms with E-state index in [1.54, 1.807) is 13.0 Å². The summed E-state index contributed by atoms with van der Waals surface area (Å²) in [6.45, 7) is 6.07. The SMILES string of the molecule is CC(C)Cc1ccc(C(C)C(=O)Oc2ccc(Br)cc2C(=O)O)cc1. The first kappa shape index (κ1) is 19.2. The van der Waals surface area contributed by atoms with Crippen molar-refractivity contribution in [3.63, 3.8) is 0 Å². The van der Waals surface area contributed by atoms with Crippen molar-refractivity contribution in [2.45, 2.75) is 33.1 Å². The lowest BCUT2D eigenvalue weighted by atomic mass is 9.97. The molecule has 0 heterocycles. The van der Waals surface area contributed by atoms with Crippen molar-refractivity contribution < 1.29 is 19.4 Å². The lowest BCUT2D eigenvalue weighted by Crippen LogP contribution is -2.17. The molecule has 1 atom stereocenters. The maximum atomic E-state index is 12.4. The van der Waals surface area contributed by atoms with Crippen LogP contribution in [-0.4, -0.2) is 17.0 Å². The number of esters is 1. The van der Waals surface area contributed by atoms with Crippen molar-refractivity contribution >= 4 is 27.9 Å². The Kier molecular flexibility index (Phi) is 6.37. The Hall–Kier alpha value is -2.14. The quantitative estimate of drug-likeness (QED) is 0.539. The molecule has 1 N–H and O–H groups in total. The van der Waals surface area contributed by atoms with E-state index in [1.165, 1.54) is 17.7 Å². The summed E-state index contributed by atoms with van der Waals surface area (Å²) in [5, 5.41) is 9.25. The van der Waals surface area contributed by atoms with Gasteiger partial charge in [-0.05, 0) is 48.6 Å². The second-order valence-corrected chi connectivity index (χ2v) is 7.34. The Bertz CT molecular complexity index is 766. The van der Waals surface area contributed by atoms with Crippen LogP contribution in [0.5, 0.6) is 5.75 Å². The lowest BCUT2D eigenvalue weighted by Gasteiger charge is -2.14. The van der Waals surface area contributed by atoms with Crippen molar-refractivity contribution in [2.75, 3.05) is 0 Å². The fourth-order valence-electron chi connectivity index (χ4n) is 2.50. The molecule has 132 valence electrons. The smallest absolute Gasteiger partial charge is 0.339 e. The van der Waals surface area contributed by atoms with Crippen LogP contribution in [-0.2, 0) is 11.2 Å². The molecule has 0 aliphatic heterocycles. The highest BCUT2D eigenvalue weighted by molar-refractivity contribution is 9.10. The fourth-order valence-corrected chi connectivity index (χ4v) is 2.87. The molecule has 25 heavy (non-hydrogen) atoms. The molecule has 0 amide bonds. The molecule has 2 aromatic carbocycles. The third kappa shape index (κ3) is 5.16. The summed E-state index contributed by atoms with van der Waals surface area (Å²) in [5.41, 5.74) is 2.01. The van der Waals surface area contributed by atoms with Crippen molar-refractivity contribution in [3.8, 4) is 5.75 Å². The molecular formula is C20H21BrO4. The van der Waals surface area contributed by atoms with Gasteiger partial charge in [-0.2, -0.15) is 0 Å². The second-order valence-electron chi connectivity index (χ2n) is 6.43. The Morgan fingerprint density at radius 1 is 1.08 bits per heavy atom. The Morgan fingerprint density at radius 2 is 1.72 bits per heavy atom. The third-order valence-electron chi connectivity index (χ3n) is 3.86. The van der Waals surface area contributed by atoms with E-state index in [2.05, 4.69) is 29.8 Å². The largest absolute Gasteiger partial charge is 0.478 e. The summed E-state index contributed by atoms with van der Waals surface area (Å²) >= 11 is 3.22. The van der Waals surface area contributed by atoms with Gasteiger partial charge in [0, 0.05) is 4.47 Å². The van der Waals surface area contributed by atoms with Crippen molar-refractivity contribution in [3.05, 3.63) is 63.6 Å². The normalized spacial score (nSPS) is 12.0. The third-order valence-corrected chi connectivity index (χ3v) is 4.35. The van der Waals surface area contributed by atoms with Gasteiger partial charge < -0.3 is 9.84 Å². The molecule has 2 aromatic rings. The van der Waals surface area contributed by atoms with Gasteiger partial charge in [0.1, 0.15) is 11.3 Å². The van der Waals surface area contributed by atoms with Gasteiger partial charge in [-0.1, -0.05) is 54.0 Å².